The van der Waals surface area contributed by atoms with Crippen LogP contribution < -0.4 is 4.74 Å². The van der Waals surface area contributed by atoms with Crippen LogP contribution in [-0.2, 0) is 0 Å². The zero-order chi connectivity index (χ0) is 11.7. The lowest BCUT2D eigenvalue weighted by atomic mass is 10.0. The molecule has 17 heavy (non-hydrogen) atoms. The smallest absolute Gasteiger partial charge is 0.120 e. The summed E-state index contributed by atoms with van der Waals surface area (Å²) in [7, 11) is 1.66. The molecule has 1 N–H and O–H groups in total. The Balaban J connectivity index is 2.23. The fourth-order valence-corrected chi connectivity index (χ4v) is 1.89. The molecule has 1 aromatic heterocycles. The Bertz CT molecular complexity index is 660. The molecule has 1 heterocycles. The highest BCUT2D eigenvalue weighted by Crippen LogP contribution is 2.28. The van der Waals surface area contributed by atoms with Crippen molar-refractivity contribution < 1.29 is 4.74 Å². The lowest BCUT2D eigenvalue weighted by Crippen LogP contribution is -1.84. The first-order valence-corrected chi connectivity index (χ1v) is 5.32. The normalized spacial score (nSPS) is 10.6. The molecule has 0 saturated heterocycles. The molecule has 0 aliphatic heterocycles. The number of aromatic nitrogens is 3. The van der Waals surface area contributed by atoms with Crippen molar-refractivity contribution in [3.63, 3.8) is 0 Å². The summed E-state index contributed by atoms with van der Waals surface area (Å²) in [6.07, 6.45) is 0. The van der Waals surface area contributed by atoms with Crippen LogP contribution in [0.5, 0.6) is 5.75 Å². The van der Waals surface area contributed by atoms with Crippen molar-refractivity contribution in [2.45, 2.75) is 0 Å². The van der Waals surface area contributed by atoms with Crippen LogP contribution >= 0.6 is 0 Å². The van der Waals surface area contributed by atoms with Gasteiger partial charge in [0.1, 0.15) is 16.8 Å². The first-order chi connectivity index (χ1) is 8.38. The molecule has 2 aromatic carbocycles. The van der Waals surface area contributed by atoms with Crippen molar-refractivity contribution in [1.82, 2.24) is 15.4 Å². The van der Waals surface area contributed by atoms with Crippen LogP contribution in [0.3, 0.4) is 0 Å². The zero-order valence-corrected chi connectivity index (χ0v) is 9.34. The molecule has 0 spiro atoms. The molecule has 0 amide bonds. The van der Waals surface area contributed by atoms with Gasteiger partial charge in [0, 0.05) is 5.56 Å². The number of H-pyrrole nitrogens is 1. The van der Waals surface area contributed by atoms with Crippen molar-refractivity contribution in [1.29, 1.82) is 0 Å². The number of nitrogens with zero attached hydrogens (tertiary/aromatic N) is 2. The van der Waals surface area contributed by atoms with Crippen molar-refractivity contribution in [2.24, 2.45) is 0 Å². The van der Waals surface area contributed by atoms with Crippen LogP contribution in [0.25, 0.3) is 22.2 Å². The average Bonchev–Trinajstić information content (AvgIpc) is 2.87. The van der Waals surface area contributed by atoms with Crippen LogP contribution in [0.4, 0.5) is 0 Å². The highest BCUT2D eigenvalue weighted by atomic mass is 16.5. The van der Waals surface area contributed by atoms with E-state index in [4.69, 9.17) is 4.74 Å². The van der Waals surface area contributed by atoms with Crippen molar-refractivity contribution in [2.75, 3.05) is 7.11 Å². The van der Waals surface area contributed by atoms with E-state index in [0.717, 1.165) is 27.9 Å². The summed E-state index contributed by atoms with van der Waals surface area (Å²) < 4.78 is 5.23. The molecule has 0 aliphatic rings. The second-order valence-electron chi connectivity index (χ2n) is 3.73. The second kappa shape index (κ2) is 3.90. The van der Waals surface area contributed by atoms with Gasteiger partial charge in [-0.15, -0.1) is 0 Å². The number of aromatic amines is 1. The summed E-state index contributed by atoms with van der Waals surface area (Å²) in [4.78, 5) is 0. The Hall–Kier alpha value is -2.36. The third kappa shape index (κ3) is 1.63. The maximum atomic E-state index is 5.23. The predicted octanol–water partition coefficient (Wildman–Crippen LogP) is 2.63. The van der Waals surface area contributed by atoms with Gasteiger partial charge in [-0.05, 0) is 23.8 Å². The molecule has 3 rings (SSSR count). The van der Waals surface area contributed by atoms with Gasteiger partial charge in [0.2, 0.25) is 0 Å². The molecule has 4 nitrogen and oxygen atoms in total. The number of nitrogens with one attached hydrogen (secondary N) is 1. The third-order valence-electron chi connectivity index (χ3n) is 2.73. The van der Waals surface area contributed by atoms with Gasteiger partial charge in [-0.2, -0.15) is 15.4 Å². The number of ether oxygens (including phenoxy) is 1. The minimum absolute atomic E-state index is 0.836. The molecule has 4 heteroatoms. The van der Waals surface area contributed by atoms with E-state index in [1.165, 1.54) is 0 Å². The lowest BCUT2D eigenvalue weighted by molar-refractivity contribution is 0.415. The molecular formula is C13H11N3O. The summed E-state index contributed by atoms with van der Waals surface area (Å²) >= 11 is 0. The Morgan fingerprint density at radius 2 is 1.94 bits per heavy atom. The van der Waals surface area contributed by atoms with Gasteiger partial charge in [-0.25, -0.2) is 0 Å². The monoisotopic (exact) mass is 225 g/mol. The van der Waals surface area contributed by atoms with Gasteiger partial charge in [0.15, 0.2) is 0 Å². The first-order valence-electron chi connectivity index (χ1n) is 5.32. The summed E-state index contributed by atoms with van der Waals surface area (Å²) in [5.74, 6) is 0.836. The summed E-state index contributed by atoms with van der Waals surface area (Å²) in [5.41, 5.74) is 3.87. The van der Waals surface area contributed by atoms with Crippen molar-refractivity contribution in [3.8, 4) is 16.9 Å². The number of hydrogen-bond donors (Lipinski definition) is 1. The van der Waals surface area contributed by atoms with Crippen LogP contribution in [0.15, 0.2) is 42.5 Å². The molecule has 0 radical (unpaired) electrons. The fraction of sp³-hybridized carbons (Fsp3) is 0.0769. The maximum Gasteiger partial charge on any atom is 0.120 e. The molecule has 84 valence electrons. The Morgan fingerprint density at radius 3 is 2.82 bits per heavy atom. The van der Waals surface area contributed by atoms with E-state index in [0.29, 0.717) is 0 Å². The molecule has 0 saturated carbocycles. The quantitative estimate of drug-likeness (QED) is 0.729. The predicted molar refractivity (Wildman–Crippen MR) is 65.9 cm³/mol. The van der Waals surface area contributed by atoms with E-state index in [-0.39, 0.29) is 0 Å². The Kier molecular flexibility index (Phi) is 2.26. The van der Waals surface area contributed by atoms with Crippen molar-refractivity contribution in [3.05, 3.63) is 42.5 Å². The van der Waals surface area contributed by atoms with Crippen LogP contribution in [0.2, 0.25) is 0 Å². The van der Waals surface area contributed by atoms with E-state index >= 15 is 0 Å². The number of fused-ring (bicyclic) bond motifs is 1. The van der Waals surface area contributed by atoms with Gasteiger partial charge in [-0.1, -0.05) is 24.3 Å². The van der Waals surface area contributed by atoms with Gasteiger partial charge < -0.3 is 4.74 Å². The highest BCUT2D eigenvalue weighted by Gasteiger charge is 2.07. The molecule has 0 bridgehead atoms. The molecule has 0 aliphatic carbocycles. The molecular weight excluding hydrogens is 214 g/mol. The van der Waals surface area contributed by atoms with Gasteiger partial charge in [-0.3, -0.25) is 0 Å². The first kappa shape index (κ1) is 9.84. The second-order valence-corrected chi connectivity index (χ2v) is 3.73. The zero-order valence-electron chi connectivity index (χ0n) is 9.34. The summed E-state index contributed by atoms with van der Waals surface area (Å²) in [6, 6.07) is 13.8. The van der Waals surface area contributed by atoms with Gasteiger partial charge in [0.05, 0.1) is 7.11 Å². The van der Waals surface area contributed by atoms with E-state index in [9.17, 15) is 0 Å². The third-order valence-corrected chi connectivity index (χ3v) is 2.73. The number of benzene rings is 2. The minimum Gasteiger partial charge on any atom is -0.497 e. The summed E-state index contributed by atoms with van der Waals surface area (Å²) in [5, 5.41) is 10.9. The summed E-state index contributed by atoms with van der Waals surface area (Å²) in [6.45, 7) is 0. The number of hydrogen-bond acceptors (Lipinski definition) is 3. The highest BCUT2D eigenvalue weighted by molar-refractivity contribution is 5.91. The van der Waals surface area contributed by atoms with E-state index in [1.54, 1.807) is 7.11 Å². The molecule has 0 fully saturated rings. The number of methoxy groups -OCH3 is 1. The van der Waals surface area contributed by atoms with Crippen LogP contribution in [0, 0.1) is 0 Å². The standard InChI is InChI=1S/C13H11N3O/c1-17-10-5-2-4-9(8-10)11-6-3-7-12-13(11)15-16-14-12/h2-8H,1H3,(H,14,15,16). The largest absolute Gasteiger partial charge is 0.497 e. The lowest BCUT2D eigenvalue weighted by Gasteiger charge is -2.04. The average molecular weight is 225 g/mol. The molecule has 3 aromatic rings. The Morgan fingerprint density at radius 1 is 1.06 bits per heavy atom. The van der Waals surface area contributed by atoms with Gasteiger partial charge >= 0.3 is 0 Å². The maximum absolute atomic E-state index is 5.23. The number of rotatable bonds is 2. The number of para-hydroxylation sites is 1. The fourth-order valence-electron chi connectivity index (χ4n) is 1.89. The molecule has 0 atom stereocenters. The van der Waals surface area contributed by atoms with Crippen LogP contribution in [-0.4, -0.2) is 22.5 Å². The van der Waals surface area contributed by atoms with Crippen LogP contribution in [0.1, 0.15) is 0 Å². The SMILES string of the molecule is COc1cccc(-c2cccc3n[nH]nc23)c1. The minimum atomic E-state index is 0.836. The van der Waals surface area contributed by atoms with E-state index in [1.807, 2.05) is 42.5 Å². The van der Waals surface area contributed by atoms with Gasteiger partial charge in [0.25, 0.3) is 0 Å². The Labute approximate surface area is 98.2 Å². The van der Waals surface area contributed by atoms with Crippen molar-refractivity contribution >= 4 is 11.0 Å². The molecule has 0 unspecified atom stereocenters. The van der Waals surface area contributed by atoms with E-state index in [2.05, 4.69) is 15.4 Å². The topological polar surface area (TPSA) is 50.8 Å². The van der Waals surface area contributed by atoms with E-state index < -0.39 is 0 Å².